The van der Waals surface area contributed by atoms with Crippen LogP contribution in [0.25, 0.3) is 10.2 Å². The molecule has 2 rings (SSSR count). The summed E-state index contributed by atoms with van der Waals surface area (Å²) in [5.41, 5.74) is 5.63. The van der Waals surface area contributed by atoms with Crippen LogP contribution in [0.5, 0.6) is 11.5 Å². The molecule has 90 valence electrons. The lowest BCUT2D eigenvalue weighted by Crippen LogP contribution is -1.95. The quantitative estimate of drug-likeness (QED) is 0.663. The molecule has 0 bridgehead atoms. The van der Waals surface area contributed by atoms with Gasteiger partial charge in [0.1, 0.15) is 4.70 Å². The van der Waals surface area contributed by atoms with Crippen molar-refractivity contribution in [1.82, 2.24) is 4.98 Å². The first-order chi connectivity index (χ1) is 8.08. The molecule has 0 fully saturated rings. The Balaban J connectivity index is 2.88. The molecule has 0 saturated carbocycles. The van der Waals surface area contributed by atoms with Crippen molar-refractivity contribution in [3.8, 4) is 11.5 Å². The Morgan fingerprint density at radius 2 is 2.18 bits per heavy atom. The van der Waals surface area contributed by atoms with Gasteiger partial charge in [0, 0.05) is 0 Å². The third-order valence-electron chi connectivity index (χ3n) is 2.20. The van der Waals surface area contributed by atoms with Crippen molar-refractivity contribution in [1.29, 1.82) is 0 Å². The Bertz CT molecular complexity index is 595. The van der Waals surface area contributed by atoms with E-state index < -0.39 is 4.92 Å². The Kier molecular flexibility index (Phi) is 2.72. The average molecular weight is 255 g/mol. The first-order valence-electron chi connectivity index (χ1n) is 4.53. The van der Waals surface area contributed by atoms with Crippen LogP contribution >= 0.6 is 11.3 Å². The van der Waals surface area contributed by atoms with Crippen molar-refractivity contribution in [3.05, 3.63) is 16.2 Å². The van der Waals surface area contributed by atoms with Crippen molar-refractivity contribution in [2.75, 3.05) is 20.0 Å². The zero-order valence-electron chi connectivity index (χ0n) is 9.09. The molecular weight excluding hydrogens is 246 g/mol. The number of hydrogen-bond donors (Lipinski definition) is 1. The number of nitro groups is 1. The Labute approximate surface area is 99.9 Å². The molecule has 17 heavy (non-hydrogen) atoms. The number of non-ortho nitro benzene ring substituents is 1. The van der Waals surface area contributed by atoms with Gasteiger partial charge in [-0.2, -0.15) is 0 Å². The van der Waals surface area contributed by atoms with Crippen LogP contribution in [0.3, 0.4) is 0 Å². The Hall–Kier alpha value is -2.09. The number of nitrogen functional groups attached to an aromatic ring is 1. The number of benzene rings is 1. The SMILES string of the molecule is COc1cc([N+](=O)[O-])c2nc(N)sc2c1OC. The summed E-state index contributed by atoms with van der Waals surface area (Å²) in [6.45, 7) is 0. The van der Waals surface area contributed by atoms with Gasteiger partial charge in [0.2, 0.25) is 0 Å². The summed E-state index contributed by atoms with van der Waals surface area (Å²) in [7, 11) is 2.87. The predicted octanol–water partition coefficient (Wildman–Crippen LogP) is 1.80. The van der Waals surface area contributed by atoms with E-state index >= 15 is 0 Å². The molecule has 0 unspecified atom stereocenters. The van der Waals surface area contributed by atoms with E-state index in [0.717, 1.165) is 11.3 Å². The van der Waals surface area contributed by atoms with E-state index in [4.69, 9.17) is 15.2 Å². The topological polar surface area (TPSA) is 101 Å². The maximum atomic E-state index is 10.9. The number of ether oxygens (including phenoxy) is 2. The van der Waals surface area contributed by atoms with Crippen molar-refractivity contribution < 1.29 is 14.4 Å². The molecule has 0 aliphatic carbocycles. The molecule has 8 heteroatoms. The standard InChI is InChI=1S/C9H9N3O4S/c1-15-5-3-4(12(13)14)6-8(7(5)16-2)17-9(10)11-6/h3H,1-2H3,(H2,10,11). The molecule has 2 aromatic rings. The number of nitrogens with two attached hydrogens (primary N) is 1. The van der Waals surface area contributed by atoms with Crippen molar-refractivity contribution in [3.63, 3.8) is 0 Å². The number of fused-ring (bicyclic) bond motifs is 1. The van der Waals surface area contributed by atoms with Gasteiger partial charge in [-0.15, -0.1) is 0 Å². The molecule has 0 aliphatic rings. The van der Waals surface area contributed by atoms with Crippen LogP contribution in [0.2, 0.25) is 0 Å². The number of anilines is 1. The fourth-order valence-corrected chi connectivity index (χ4v) is 2.39. The molecule has 1 aromatic heterocycles. The molecule has 1 aromatic carbocycles. The van der Waals surface area contributed by atoms with Crippen LogP contribution < -0.4 is 15.2 Å². The minimum atomic E-state index is -0.524. The highest BCUT2D eigenvalue weighted by Crippen LogP contribution is 2.44. The molecule has 0 saturated heterocycles. The van der Waals surface area contributed by atoms with Gasteiger partial charge in [0.15, 0.2) is 22.1 Å². The summed E-state index contributed by atoms with van der Waals surface area (Å²) in [6, 6.07) is 1.28. The molecule has 2 N–H and O–H groups in total. The summed E-state index contributed by atoms with van der Waals surface area (Å²) in [5.74, 6) is 0.692. The van der Waals surface area contributed by atoms with Gasteiger partial charge in [0.25, 0.3) is 5.69 Å². The summed E-state index contributed by atoms with van der Waals surface area (Å²) in [4.78, 5) is 14.3. The third-order valence-corrected chi connectivity index (χ3v) is 3.09. The highest BCUT2D eigenvalue weighted by Gasteiger charge is 2.23. The van der Waals surface area contributed by atoms with Gasteiger partial charge in [-0.3, -0.25) is 10.1 Å². The number of nitrogens with zero attached hydrogens (tertiary/aromatic N) is 2. The number of rotatable bonds is 3. The minimum absolute atomic E-state index is 0.148. The number of methoxy groups -OCH3 is 2. The first-order valence-corrected chi connectivity index (χ1v) is 5.35. The molecular formula is C9H9N3O4S. The van der Waals surface area contributed by atoms with Crippen molar-refractivity contribution in [2.24, 2.45) is 0 Å². The lowest BCUT2D eigenvalue weighted by molar-refractivity contribution is -0.383. The van der Waals surface area contributed by atoms with Gasteiger partial charge in [-0.05, 0) is 0 Å². The predicted molar refractivity (Wildman–Crippen MR) is 63.8 cm³/mol. The number of aromatic nitrogens is 1. The lowest BCUT2D eigenvalue weighted by Gasteiger charge is -2.07. The number of hydrogen-bond acceptors (Lipinski definition) is 7. The molecule has 0 radical (unpaired) electrons. The van der Waals surface area contributed by atoms with E-state index in [2.05, 4.69) is 4.98 Å². The van der Waals surface area contributed by atoms with Gasteiger partial charge in [-0.1, -0.05) is 11.3 Å². The average Bonchev–Trinajstić information content (AvgIpc) is 2.67. The summed E-state index contributed by atoms with van der Waals surface area (Å²) < 4.78 is 10.7. The van der Waals surface area contributed by atoms with Gasteiger partial charge < -0.3 is 15.2 Å². The van der Waals surface area contributed by atoms with E-state index in [9.17, 15) is 10.1 Å². The Morgan fingerprint density at radius 1 is 1.47 bits per heavy atom. The van der Waals surface area contributed by atoms with E-state index in [0.29, 0.717) is 10.4 Å². The van der Waals surface area contributed by atoms with Crippen LogP contribution in [0.1, 0.15) is 0 Å². The van der Waals surface area contributed by atoms with Crippen LogP contribution in [0.15, 0.2) is 6.07 Å². The van der Waals surface area contributed by atoms with E-state index in [1.807, 2.05) is 0 Å². The number of thiazole rings is 1. The molecule has 0 atom stereocenters. The highest BCUT2D eigenvalue weighted by molar-refractivity contribution is 7.22. The summed E-state index contributed by atoms with van der Waals surface area (Å²) in [5, 5.41) is 11.2. The fraction of sp³-hybridized carbons (Fsp3) is 0.222. The van der Waals surface area contributed by atoms with E-state index in [1.165, 1.54) is 20.3 Å². The lowest BCUT2D eigenvalue weighted by atomic mass is 10.2. The van der Waals surface area contributed by atoms with E-state index in [-0.39, 0.29) is 22.1 Å². The second kappa shape index (κ2) is 4.06. The van der Waals surface area contributed by atoms with Gasteiger partial charge in [0.05, 0.1) is 25.2 Å². The number of nitro benzene ring substituents is 1. The van der Waals surface area contributed by atoms with Crippen LogP contribution in [0.4, 0.5) is 10.8 Å². The van der Waals surface area contributed by atoms with Crippen molar-refractivity contribution in [2.45, 2.75) is 0 Å². The maximum Gasteiger partial charge on any atom is 0.300 e. The Morgan fingerprint density at radius 3 is 2.71 bits per heavy atom. The van der Waals surface area contributed by atoms with Gasteiger partial charge >= 0.3 is 0 Å². The monoisotopic (exact) mass is 255 g/mol. The van der Waals surface area contributed by atoms with Crippen molar-refractivity contribution >= 4 is 32.4 Å². The molecule has 1 heterocycles. The molecule has 0 aliphatic heterocycles. The zero-order chi connectivity index (χ0) is 12.6. The molecule has 7 nitrogen and oxygen atoms in total. The smallest absolute Gasteiger partial charge is 0.300 e. The fourth-order valence-electron chi connectivity index (χ4n) is 1.52. The minimum Gasteiger partial charge on any atom is -0.493 e. The zero-order valence-corrected chi connectivity index (χ0v) is 9.91. The van der Waals surface area contributed by atoms with Crippen LogP contribution in [-0.4, -0.2) is 24.1 Å². The largest absolute Gasteiger partial charge is 0.493 e. The van der Waals surface area contributed by atoms with E-state index in [1.54, 1.807) is 0 Å². The normalized spacial score (nSPS) is 10.5. The maximum absolute atomic E-state index is 10.9. The third kappa shape index (κ3) is 1.72. The second-order valence-corrected chi connectivity index (χ2v) is 4.15. The summed E-state index contributed by atoms with van der Waals surface area (Å²) >= 11 is 1.12. The van der Waals surface area contributed by atoms with Crippen LogP contribution in [-0.2, 0) is 0 Å². The van der Waals surface area contributed by atoms with Gasteiger partial charge in [-0.25, -0.2) is 4.98 Å². The molecule has 0 amide bonds. The second-order valence-electron chi connectivity index (χ2n) is 3.12. The van der Waals surface area contributed by atoms with Crippen LogP contribution in [0, 0.1) is 10.1 Å². The first kappa shape index (κ1) is 11.4. The molecule has 0 spiro atoms. The summed E-state index contributed by atoms with van der Waals surface area (Å²) in [6.07, 6.45) is 0. The highest BCUT2D eigenvalue weighted by atomic mass is 32.1.